The van der Waals surface area contributed by atoms with Gasteiger partial charge in [-0.05, 0) is 68.3 Å². The zero-order valence-electron chi connectivity index (χ0n) is 19.5. The average molecular weight is 531 g/mol. The van der Waals surface area contributed by atoms with E-state index < -0.39 is 11.7 Å². The molecule has 8 heteroatoms. The molecule has 1 aliphatic rings. The van der Waals surface area contributed by atoms with Crippen LogP contribution in [-0.4, -0.2) is 26.8 Å². The van der Waals surface area contributed by atoms with Crippen LogP contribution in [0.15, 0.2) is 60.8 Å². The summed E-state index contributed by atoms with van der Waals surface area (Å²) in [7, 11) is 0. The van der Waals surface area contributed by atoms with Gasteiger partial charge >= 0.3 is 0 Å². The van der Waals surface area contributed by atoms with E-state index in [-0.39, 0.29) is 18.4 Å². The summed E-state index contributed by atoms with van der Waals surface area (Å²) in [5.74, 6) is 0.740. The van der Waals surface area contributed by atoms with Gasteiger partial charge in [0.25, 0.3) is 0 Å². The van der Waals surface area contributed by atoms with Crippen molar-refractivity contribution in [2.45, 2.75) is 45.1 Å². The molecule has 5 rings (SSSR count). The number of fused-ring (bicyclic) bond motifs is 2. The molecule has 0 spiro atoms. The largest absolute Gasteiger partial charge is 0.485 e. The molecule has 0 unspecified atom stereocenters. The molecular weight excluding hydrogens is 505 g/mol. The molecule has 0 amide bonds. The molecule has 35 heavy (non-hydrogen) atoms. The molecular formula is C27H26Cl3N3O2. The van der Waals surface area contributed by atoms with Crippen LogP contribution in [0.2, 0.25) is 10.2 Å². The lowest BCUT2D eigenvalue weighted by molar-refractivity contribution is -0.0647. The summed E-state index contributed by atoms with van der Waals surface area (Å²) in [5, 5.41) is 16.8. The van der Waals surface area contributed by atoms with Gasteiger partial charge in [-0.3, -0.25) is 4.98 Å². The van der Waals surface area contributed by atoms with Gasteiger partial charge in [-0.15, -0.1) is 12.4 Å². The van der Waals surface area contributed by atoms with Crippen LogP contribution < -0.4 is 10.1 Å². The maximum atomic E-state index is 11.2. The molecule has 4 aromatic rings. The molecule has 0 radical (unpaired) electrons. The number of aryl methyl sites for hydroxylation is 1. The fourth-order valence-electron chi connectivity index (χ4n) is 4.41. The minimum absolute atomic E-state index is 0. The molecule has 3 heterocycles. The second-order valence-electron chi connectivity index (χ2n) is 9.24. The van der Waals surface area contributed by atoms with Crippen molar-refractivity contribution in [3.63, 3.8) is 0 Å². The fourth-order valence-corrected chi connectivity index (χ4v) is 4.79. The highest BCUT2D eigenvalue weighted by atomic mass is 35.5. The van der Waals surface area contributed by atoms with Gasteiger partial charge in [0.15, 0.2) is 0 Å². The highest BCUT2D eigenvalue weighted by molar-refractivity contribution is 6.30. The number of aliphatic hydroxyl groups is 1. The third-order valence-corrected chi connectivity index (χ3v) is 6.79. The van der Waals surface area contributed by atoms with Crippen LogP contribution in [0, 0.1) is 6.92 Å². The zero-order chi connectivity index (χ0) is 24.0. The number of nitrogens with one attached hydrogen (secondary N) is 1. The molecule has 0 aliphatic carbocycles. The Morgan fingerprint density at radius 3 is 2.49 bits per heavy atom. The minimum Gasteiger partial charge on any atom is -0.485 e. The van der Waals surface area contributed by atoms with Crippen molar-refractivity contribution in [3.8, 4) is 17.0 Å². The first kappa shape index (κ1) is 25.7. The lowest BCUT2D eigenvalue weighted by atomic mass is 9.85. The molecule has 2 aromatic heterocycles. The molecule has 0 bridgehead atoms. The first-order chi connectivity index (χ1) is 16.2. The van der Waals surface area contributed by atoms with E-state index in [1.165, 1.54) is 0 Å². The van der Waals surface area contributed by atoms with Crippen molar-refractivity contribution in [2.75, 3.05) is 0 Å². The summed E-state index contributed by atoms with van der Waals surface area (Å²) in [6, 6.07) is 17.1. The van der Waals surface area contributed by atoms with Crippen LogP contribution in [0.5, 0.6) is 5.75 Å². The predicted octanol–water partition coefficient (Wildman–Crippen LogP) is 6.70. The van der Waals surface area contributed by atoms with Gasteiger partial charge in [-0.25, -0.2) is 4.98 Å². The van der Waals surface area contributed by atoms with Gasteiger partial charge in [0.2, 0.25) is 0 Å². The summed E-state index contributed by atoms with van der Waals surface area (Å²) in [4.78, 5) is 9.08. The Morgan fingerprint density at radius 1 is 1.06 bits per heavy atom. The Labute approximate surface area is 220 Å². The lowest BCUT2D eigenvalue weighted by Crippen LogP contribution is -2.52. The van der Waals surface area contributed by atoms with Crippen LogP contribution in [0.3, 0.4) is 0 Å². The van der Waals surface area contributed by atoms with Crippen molar-refractivity contribution in [1.29, 1.82) is 0 Å². The third-order valence-electron chi connectivity index (χ3n) is 6.34. The fraction of sp³-hybridized carbons (Fsp3) is 0.259. The number of aliphatic hydroxyl groups excluding tert-OH is 1. The predicted molar refractivity (Wildman–Crippen MR) is 144 cm³/mol. The van der Waals surface area contributed by atoms with Gasteiger partial charge in [0.1, 0.15) is 22.6 Å². The van der Waals surface area contributed by atoms with Crippen LogP contribution >= 0.6 is 35.6 Å². The standard InChI is InChI=1S/C27H25Cl2N3O2.ClH/c1-15-10-24(29)32-22-11-20-23(12-19(15)22)34-27(2,3)26(33)25(20)31-14-16-4-9-21(30-13-16)17-5-7-18(28)8-6-17;/h4-13,25-26,31,33H,14H2,1-3H3;1H/t25-,26+;/m0./s1. The van der Waals surface area contributed by atoms with Crippen molar-refractivity contribution < 1.29 is 9.84 Å². The van der Waals surface area contributed by atoms with Crippen molar-refractivity contribution >= 4 is 46.5 Å². The Hall–Kier alpha value is -2.41. The van der Waals surface area contributed by atoms with E-state index in [0.717, 1.165) is 44.6 Å². The zero-order valence-corrected chi connectivity index (χ0v) is 21.9. The van der Waals surface area contributed by atoms with Crippen LogP contribution in [-0.2, 0) is 6.54 Å². The van der Waals surface area contributed by atoms with Crippen LogP contribution in [0.4, 0.5) is 0 Å². The van der Waals surface area contributed by atoms with Crippen molar-refractivity contribution in [1.82, 2.24) is 15.3 Å². The number of rotatable bonds is 4. The Morgan fingerprint density at radius 2 is 1.80 bits per heavy atom. The first-order valence-electron chi connectivity index (χ1n) is 11.1. The summed E-state index contributed by atoms with van der Waals surface area (Å²) >= 11 is 12.2. The number of nitrogens with zero attached hydrogens (tertiary/aromatic N) is 2. The number of halogens is 3. The SMILES string of the molecule is Cc1cc(Cl)nc2cc3c(cc12)OC(C)(C)[C@H](O)[C@H]3NCc1ccc(-c2ccc(Cl)cc2)nc1.Cl. The average Bonchev–Trinajstić information content (AvgIpc) is 2.80. The van der Waals surface area contributed by atoms with Gasteiger partial charge < -0.3 is 15.2 Å². The van der Waals surface area contributed by atoms with E-state index >= 15 is 0 Å². The number of ether oxygens (including phenoxy) is 1. The molecule has 5 nitrogen and oxygen atoms in total. The Kier molecular flexibility index (Phi) is 7.28. The summed E-state index contributed by atoms with van der Waals surface area (Å²) < 4.78 is 6.21. The van der Waals surface area contributed by atoms with Crippen LogP contribution in [0.25, 0.3) is 22.2 Å². The van der Waals surface area contributed by atoms with Gasteiger partial charge in [0.05, 0.1) is 17.3 Å². The maximum absolute atomic E-state index is 11.2. The third kappa shape index (κ3) is 5.11. The number of benzene rings is 2. The van der Waals surface area contributed by atoms with Crippen LogP contribution in [0.1, 0.15) is 36.6 Å². The molecule has 0 saturated carbocycles. The quantitative estimate of drug-likeness (QED) is 0.288. The van der Waals surface area contributed by atoms with Crippen molar-refractivity contribution in [3.05, 3.63) is 87.7 Å². The van der Waals surface area contributed by atoms with Crippen molar-refractivity contribution in [2.24, 2.45) is 0 Å². The Bertz CT molecular complexity index is 1360. The molecule has 1 aliphatic heterocycles. The molecule has 2 aromatic carbocycles. The summed E-state index contributed by atoms with van der Waals surface area (Å²) in [6.45, 7) is 6.33. The monoisotopic (exact) mass is 529 g/mol. The molecule has 2 atom stereocenters. The second kappa shape index (κ2) is 9.92. The van der Waals surface area contributed by atoms with E-state index in [1.807, 2.05) is 81.6 Å². The molecule has 0 fully saturated rings. The van der Waals surface area contributed by atoms with E-state index in [2.05, 4.69) is 15.3 Å². The first-order valence-corrected chi connectivity index (χ1v) is 11.9. The highest BCUT2D eigenvalue weighted by Crippen LogP contribution is 2.42. The second-order valence-corrected chi connectivity index (χ2v) is 10.1. The number of pyridine rings is 2. The van der Waals surface area contributed by atoms with E-state index in [4.69, 9.17) is 27.9 Å². The van der Waals surface area contributed by atoms with Gasteiger partial charge in [0, 0.05) is 34.3 Å². The van der Waals surface area contributed by atoms with E-state index in [0.29, 0.717) is 16.7 Å². The van der Waals surface area contributed by atoms with Gasteiger partial charge in [-0.2, -0.15) is 0 Å². The summed E-state index contributed by atoms with van der Waals surface area (Å²) in [6.07, 6.45) is 1.08. The normalized spacial score (nSPS) is 18.5. The number of aromatic nitrogens is 2. The maximum Gasteiger partial charge on any atom is 0.131 e. The lowest BCUT2D eigenvalue weighted by Gasteiger charge is -2.42. The molecule has 182 valence electrons. The molecule has 2 N–H and O–H groups in total. The number of hydrogen-bond donors (Lipinski definition) is 2. The number of hydrogen-bond acceptors (Lipinski definition) is 5. The smallest absolute Gasteiger partial charge is 0.131 e. The Balaban J connectivity index is 0.00000289. The van der Waals surface area contributed by atoms with Gasteiger partial charge in [-0.1, -0.05) is 41.4 Å². The molecule has 0 saturated heterocycles. The summed E-state index contributed by atoms with van der Waals surface area (Å²) in [5.41, 5.74) is 4.80. The van der Waals surface area contributed by atoms with E-state index in [1.54, 1.807) is 0 Å². The topological polar surface area (TPSA) is 67.3 Å². The van der Waals surface area contributed by atoms with E-state index in [9.17, 15) is 5.11 Å². The minimum atomic E-state index is -0.765. The highest BCUT2D eigenvalue weighted by Gasteiger charge is 2.43.